The lowest BCUT2D eigenvalue weighted by atomic mass is 10.1. The van der Waals surface area contributed by atoms with E-state index in [0.717, 1.165) is 25.1 Å². The Hall–Kier alpha value is -0.220. The second-order valence-corrected chi connectivity index (χ2v) is 4.56. The minimum absolute atomic E-state index is 0.159. The van der Waals surface area contributed by atoms with Gasteiger partial charge in [0.1, 0.15) is 0 Å². The van der Waals surface area contributed by atoms with Crippen molar-refractivity contribution in [3.63, 3.8) is 0 Å². The van der Waals surface area contributed by atoms with Crippen molar-refractivity contribution < 1.29 is 4.79 Å². The highest BCUT2D eigenvalue weighted by molar-refractivity contribution is 7.98. The quantitative estimate of drug-likeness (QED) is 0.603. The molecule has 1 atom stereocenters. The molecule has 0 spiro atoms. The molecule has 0 saturated heterocycles. The van der Waals surface area contributed by atoms with Crippen LogP contribution in [0.15, 0.2) is 0 Å². The standard InChI is InChI=1S/C10H22N2OS/c1-9(8-11)4-5-10(13)12-6-3-7-14-2/h9H,3-8,11H2,1-2H3,(H,12,13). The van der Waals surface area contributed by atoms with E-state index >= 15 is 0 Å². The summed E-state index contributed by atoms with van der Waals surface area (Å²) in [6.07, 6.45) is 4.63. The van der Waals surface area contributed by atoms with Crippen LogP contribution in [0.3, 0.4) is 0 Å². The molecular formula is C10H22N2OS. The first-order valence-corrected chi connectivity index (χ1v) is 6.55. The molecule has 14 heavy (non-hydrogen) atoms. The van der Waals surface area contributed by atoms with Crippen molar-refractivity contribution in [1.29, 1.82) is 0 Å². The molecule has 4 heteroatoms. The third-order valence-electron chi connectivity index (χ3n) is 2.11. The van der Waals surface area contributed by atoms with Crippen LogP contribution in [0, 0.1) is 5.92 Å². The molecule has 84 valence electrons. The van der Waals surface area contributed by atoms with Gasteiger partial charge in [0, 0.05) is 13.0 Å². The molecule has 0 aromatic rings. The van der Waals surface area contributed by atoms with E-state index in [-0.39, 0.29) is 5.91 Å². The van der Waals surface area contributed by atoms with E-state index in [9.17, 15) is 4.79 Å². The predicted molar refractivity (Wildman–Crippen MR) is 63.5 cm³/mol. The Morgan fingerprint density at radius 2 is 2.29 bits per heavy atom. The fourth-order valence-electron chi connectivity index (χ4n) is 1.03. The lowest BCUT2D eigenvalue weighted by Crippen LogP contribution is -2.25. The molecule has 0 aromatic carbocycles. The number of carbonyl (C=O) groups is 1. The summed E-state index contributed by atoms with van der Waals surface area (Å²) < 4.78 is 0. The van der Waals surface area contributed by atoms with E-state index in [4.69, 9.17) is 5.73 Å². The second-order valence-electron chi connectivity index (χ2n) is 3.58. The van der Waals surface area contributed by atoms with Crippen LogP contribution in [0.25, 0.3) is 0 Å². The number of nitrogens with one attached hydrogen (secondary N) is 1. The van der Waals surface area contributed by atoms with Crippen LogP contribution in [0.1, 0.15) is 26.2 Å². The van der Waals surface area contributed by atoms with Crippen LogP contribution in [-0.2, 0) is 4.79 Å². The van der Waals surface area contributed by atoms with Gasteiger partial charge >= 0.3 is 0 Å². The number of rotatable bonds is 8. The van der Waals surface area contributed by atoms with Gasteiger partial charge in [-0.2, -0.15) is 11.8 Å². The Morgan fingerprint density at radius 1 is 1.57 bits per heavy atom. The van der Waals surface area contributed by atoms with Crippen molar-refractivity contribution in [2.75, 3.05) is 25.1 Å². The monoisotopic (exact) mass is 218 g/mol. The van der Waals surface area contributed by atoms with Crippen LogP contribution in [0.5, 0.6) is 0 Å². The molecule has 0 aromatic heterocycles. The molecule has 3 N–H and O–H groups in total. The smallest absolute Gasteiger partial charge is 0.220 e. The molecular weight excluding hydrogens is 196 g/mol. The van der Waals surface area contributed by atoms with E-state index in [1.165, 1.54) is 0 Å². The number of thioether (sulfide) groups is 1. The highest BCUT2D eigenvalue weighted by Gasteiger charge is 2.04. The van der Waals surface area contributed by atoms with Gasteiger partial charge in [0.2, 0.25) is 5.91 Å². The van der Waals surface area contributed by atoms with Gasteiger partial charge in [0.25, 0.3) is 0 Å². The fourth-order valence-corrected chi connectivity index (χ4v) is 1.46. The first-order valence-electron chi connectivity index (χ1n) is 5.16. The van der Waals surface area contributed by atoms with Crippen LogP contribution in [0.2, 0.25) is 0 Å². The summed E-state index contributed by atoms with van der Waals surface area (Å²) in [5.74, 6) is 1.72. The number of carbonyl (C=O) groups excluding carboxylic acids is 1. The van der Waals surface area contributed by atoms with E-state index < -0.39 is 0 Å². The van der Waals surface area contributed by atoms with Crippen molar-refractivity contribution in [1.82, 2.24) is 5.32 Å². The van der Waals surface area contributed by atoms with Crippen molar-refractivity contribution >= 4 is 17.7 Å². The highest BCUT2D eigenvalue weighted by Crippen LogP contribution is 2.02. The van der Waals surface area contributed by atoms with Crippen LogP contribution >= 0.6 is 11.8 Å². The second kappa shape index (κ2) is 9.34. The maximum atomic E-state index is 11.3. The number of amides is 1. The average molecular weight is 218 g/mol. The largest absolute Gasteiger partial charge is 0.356 e. The Labute approximate surface area is 91.2 Å². The molecule has 0 aliphatic heterocycles. The molecule has 0 aliphatic rings. The summed E-state index contributed by atoms with van der Waals surface area (Å²) in [6.45, 7) is 3.54. The van der Waals surface area contributed by atoms with Gasteiger partial charge < -0.3 is 11.1 Å². The SMILES string of the molecule is CSCCCNC(=O)CCC(C)CN. The lowest BCUT2D eigenvalue weighted by molar-refractivity contribution is -0.121. The summed E-state index contributed by atoms with van der Waals surface area (Å²) in [4.78, 5) is 11.3. The van der Waals surface area contributed by atoms with Crippen LogP contribution < -0.4 is 11.1 Å². The molecule has 0 saturated carbocycles. The van der Waals surface area contributed by atoms with E-state index in [1.54, 1.807) is 0 Å². The van der Waals surface area contributed by atoms with Gasteiger partial charge in [0.15, 0.2) is 0 Å². The number of nitrogens with two attached hydrogens (primary N) is 1. The van der Waals surface area contributed by atoms with Crippen molar-refractivity contribution in [2.45, 2.75) is 26.2 Å². The number of hydrogen-bond donors (Lipinski definition) is 2. The Kier molecular flexibility index (Phi) is 9.19. The predicted octanol–water partition coefficient (Wildman–Crippen LogP) is 1.23. The van der Waals surface area contributed by atoms with Crippen molar-refractivity contribution in [2.24, 2.45) is 11.7 Å². The van der Waals surface area contributed by atoms with Gasteiger partial charge in [-0.3, -0.25) is 4.79 Å². The average Bonchev–Trinajstić information content (AvgIpc) is 2.21. The minimum atomic E-state index is 0.159. The Bertz CT molecular complexity index is 153. The Balaban J connectivity index is 3.28. The zero-order valence-corrected chi connectivity index (χ0v) is 10.0. The lowest BCUT2D eigenvalue weighted by Gasteiger charge is -2.08. The highest BCUT2D eigenvalue weighted by atomic mass is 32.2. The summed E-state index contributed by atoms with van der Waals surface area (Å²) in [6, 6.07) is 0. The fraction of sp³-hybridized carbons (Fsp3) is 0.900. The Morgan fingerprint density at radius 3 is 2.86 bits per heavy atom. The molecule has 0 aliphatic carbocycles. The number of hydrogen-bond acceptors (Lipinski definition) is 3. The van der Waals surface area contributed by atoms with Gasteiger partial charge in [-0.15, -0.1) is 0 Å². The first-order chi connectivity index (χ1) is 6.70. The maximum Gasteiger partial charge on any atom is 0.220 e. The normalized spacial score (nSPS) is 12.5. The van der Waals surface area contributed by atoms with Crippen molar-refractivity contribution in [3.8, 4) is 0 Å². The topological polar surface area (TPSA) is 55.1 Å². The maximum absolute atomic E-state index is 11.3. The molecule has 0 fully saturated rings. The zero-order chi connectivity index (χ0) is 10.8. The molecule has 1 amide bonds. The zero-order valence-electron chi connectivity index (χ0n) is 9.21. The molecule has 1 unspecified atom stereocenters. The van der Waals surface area contributed by atoms with Gasteiger partial charge in [-0.1, -0.05) is 6.92 Å². The van der Waals surface area contributed by atoms with Crippen LogP contribution in [-0.4, -0.2) is 31.0 Å². The summed E-state index contributed by atoms with van der Waals surface area (Å²) in [5.41, 5.74) is 5.46. The first kappa shape index (κ1) is 13.8. The molecule has 0 heterocycles. The molecule has 0 rings (SSSR count). The van der Waals surface area contributed by atoms with Crippen LogP contribution in [0.4, 0.5) is 0 Å². The van der Waals surface area contributed by atoms with Crippen molar-refractivity contribution in [3.05, 3.63) is 0 Å². The summed E-state index contributed by atoms with van der Waals surface area (Å²) >= 11 is 1.81. The van der Waals surface area contributed by atoms with E-state index in [1.807, 2.05) is 11.8 Å². The summed E-state index contributed by atoms with van der Waals surface area (Å²) in [5, 5.41) is 2.90. The summed E-state index contributed by atoms with van der Waals surface area (Å²) in [7, 11) is 0. The van der Waals surface area contributed by atoms with Gasteiger partial charge in [-0.05, 0) is 37.3 Å². The van der Waals surface area contributed by atoms with Gasteiger partial charge in [-0.25, -0.2) is 0 Å². The van der Waals surface area contributed by atoms with E-state index in [2.05, 4.69) is 18.5 Å². The van der Waals surface area contributed by atoms with Gasteiger partial charge in [0.05, 0.1) is 0 Å². The third kappa shape index (κ3) is 8.38. The molecule has 0 bridgehead atoms. The van der Waals surface area contributed by atoms with E-state index in [0.29, 0.717) is 18.9 Å². The minimum Gasteiger partial charge on any atom is -0.356 e. The molecule has 0 radical (unpaired) electrons. The molecule has 3 nitrogen and oxygen atoms in total. The third-order valence-corrected chi connectivity index (χ3v) is 2.81.